The van der Waals surface area contributed by atoms with Crippen LogP contribution >= 0.6 is 0 Å². The monoisotopic (exact) mass is 474 g/mol. The Hall–Kier alpha value is -3.11. The number of sulfonamides is 1. The van der Waals surface area contributed by atoms with Crippen LogP contribution in [0.1, 0.15) is 20.3 Å². The first-order chi connectivity index (χ1) is 15.8. The van der Waals surface area contributed by atoms with Crippen LogP contribution in [0, 0.1) is 5.92 Å². The normalized spacial score (nSPS) is 16.2. The van der Waals surface area contributed by atoms with Crippen molar-refractivity contribution in [2.45, 2.75) is 25.2 Å². The molecule has 2 aromatic carbocycles. The van der Waals surface area contributed by atoms with Gasteiger partial charge >= 0.3 is 6.03 Å². The maximum atomic E-state index is 12.6. The molecule has 0 saturated carbocycles. The Balaban J connectivity index is 1.52. The number of ether oxygens (including phenoxy) is 1. The highest BCUT2D eigenvalue weighted by molar-refractivity contribution is 7.89. The van der Waals surface area contributed by atoms with Crippen LogP contribution in [0.3, 0.4) is 0 Å². The van der Waals surface area contributed by atoms with Gasteiger partial charge in [-0.15, -0.1) is 0 Å². The predicted molar refractivity (Wildman–Crippen MR) is 127 cm³/mol. The van der Waals surface area contributed by atoms with Crippen LogP contribution in [0.4, 0.5) is 16.2 Å². The van der Waals surface area contributed by atoms with E-state index < -0.39 is 16.1 Å². The number of carbonyl (C=O) groups is 2. The Kier molecular flexibility index (Phi) is 7.93. The molecule has 0 spiro atoms. The van der Waals surface area contributed by atoms with E-state index in [4.69, 9.17) is 4.74 Å². The van der Waals surface area contributed by atoms with Crippen molar-refractivity contribution in [2.24, 2.45) is 5.92 Å². The largest absolute Gasteiger partial charge is 0.497 e. The van der Waals surface area contributed by atoms with Gasteiger partial charge in [0.1, 0.15) is 5.75 Å². The van der Waals surface area contributed by atoms with Crippen LogP contribution in [0.2, 0.25) is 0 Å². The second-order valence-electron chi connectivity index (χ2n) is 7.72. The molecule has 1 aliphatic rings. The van der Waals surface area contributed by atoms with Crippen molar-refractivity contribution in [1.82, 2.24) is 9.62 Å². The topological polar surface area (TPSA) is 108 Å². The Morgan fingerprint density at radius 3 is 2.30 bits per heavy atom. The third-order valence-electron chi connectivity index (χ3n) is 5.60. The van der Waals surface area contributed by atoms with E-state index >= 15 is 0 Å². The van der Waals surface area contributed by atoms with Crippen LogP contribution < -0.4 is 20.3 Å². The van der Waals surface area contributed by atoms with Gasteiger partial charge in [-0.2, -0.15) is 4.31 Å². The van der Waals surface area contributed by atoms with Crippen LogP contribution in [0.15, 0.2) is 53.4 Å². The molecule has 0 bridgehead atoms. The van der Waals surface area contributed by atoms with E-state index in [2.05, 4.69) is 10.6 Å². The summed E-state index contributed by atoms with van der Waals surface area (Å²) >= 11 is 0. The van der Waals surface area contributed by atoms with Crippen molar-refractivity contribution in [2.75, 3.05) is 43.5 Å². The smallest absolute Gasteiger partial charge is 0.319 e. The van der Waals surface area contributed by atoms with Gasteiger partial charge in [-0.05, 0) is 48.5 Å². The zero-order chi connectivity index (χ0) is 24.0. The summed E-state index contributed by atoms with van der Waals surface area (Å²) in [7, 11) is -1.96. The maximum Gasteiger partial charge on any atom is 0.319 e. The quantitative estimate of drug-likeness (QED) is 0.581. The first-order valence-corrected chi connectivity index (χ1v) is 12.3. The lowest BCUT2D eigenvalue weighted by Gasteiger charge is -2.18. The minimum Gasteiger partial charge on any atom is -0.497 e. The lowest BCUT2D eigenvalue weighted by Crippen LogP contribution is -2.34. The number of urea groups is 1. The molecule has 3 amide bonds. The summed E-state index contributed by atoms with van der Waals surface area (Å²) in [6.07, 6.45) is 0.351. The third kappa shape index (κ3) is 5.82. The van der Waals surface area contributed by atoms with Crippen molar-refractivity contribution in [3.05, 3.63) is 48.5 Å². The van der Waals surface area contributed by atoms with Crippen molar-refractivity contribution in [1.29, 1.82) is 0 Å². The summed E-state index contributed by atoms with van der Waals surface area (Å²) < 4.78 is 31.6. The molecule has 178 valence electrons. The van der Waals surface area contributed by atoms with Crippen LogP contribution in [0.25, 0.3) is 0 Å². The molecule has 3 rings (SSSR count). The lowest BCUT2D eigenvalue weighted by atomic mass is 10.1. The Labute approximate surface area is 194 Å². The van der Waals surface area contributed by atoms with Gasteiger partial charge in [0.15, 0.2) is 0 Å². The van der Waals surface area contributed by atoms with Crippen molar-refractivity contribution >= 4 is 33.3 Å². The molecule has 10 heteroatoms. The molecule has 2 aromatic rings. The zero-order valence-corrected chi connectivity index (χ0v) is 19.9. The molecule has 1 aliphatic heterocycles. The van der Waals surface area contributed by atoms with E-state index in [1.54, 1.807) is 50.1 Å². The van der Waals surface area contributed by atoms with E-state index in [0.717, 1.165) is 11.4 Å². The van der Waals surface area contributed by atoms with Gasteiger partial charge in [0, 0.05) is 49.9 Å². The Morgan fingerprint density at radius 2 is 1.73 bits per heavy atom. The molecule has 1 atom stereocenters. The summed E-state index contributed by atoms with van der Waals surface area (Å²) in [5.74, 6) is 0.725. The molecule has 1 unspecified atom stereocenters. The molecule has 0 aliphatic carbocycles. The minimum absolute atomic E-state index is 0.00746. The minimum atomic E-state index is -3.54. The van der Waals surface area contributed by atoms with Crippen LogP contribution in [-0.4, -0.2) is 58.0 Å². The number of nitrogens with one attached hydrogen (secondary N) is 2. The average molecular weight is 475 g/mol. The molecule has 0 aromatic heterocycles. The third-order valence-corrected chi connectivity index (χ3v) is 7.66. The summed E-state index contributed by atoms with van der Waals surface area (Å²) in [4.78, 5) is 26.6. The number of methoxy groups -OCH3 is 1. The molecule has 1 fully saturated rings. The van der Waals surface area contributed by atoms with Crippen molar-refractivity contribution in [3.8, 4) is 5.75 Å². The first kappa shape index (κ1) is 24.5. The summed E-state index contributed by atoms with van der Waals surface area (Å²) in [5, 5.41) is 5.49. The SMILES string of the molecule is CCN(CC)S(=O)(=O)c1ccc(NC(=O)NCC2CC(=O)N(c3ccc(OC)cc3)C2)cc1. The van der Waals surface area contributed by atoms with Gasteiger partial charge < -0.3 is 20.3 Å². The molecule has 1 saturated heterocycles. The van der Waals surface area contributed by atoms with Gasteiger partial charge in [-0.1, -0.05) is 13.8 Å². The summed E-state index contributed by atoms with van der Waals surface area (Å²) in [5.41, 5.74) is 1.28. The molecule has 9 nitrogen and oxygen atoms in total. The van der Waals surface area contributed by atoms with Gasteiger partial charge in [-0.25, -0.2) is 13.2 Å². The van der Waals surface area contributed by atoms with E-state index in [1.165, 1.54) is 16.4 Å². The van der Waals surface area contributed by atoms with E-state index in [-0.39, 0.29) is 16.7 Å². The number of carbonyl (C=O) groups excluding carboxylic acids is 2. The molecule has 1 heterocycles. The Morgan fingerprint density at radius 1 is 1.09 bits per heavy atom. The number of hydrogen-bond donors (Lipinski definition) is 2. The van der Waals surface area contributed by atoms with Crippen molar-refractivity contribution in [3.63, 3.8) is 0 Å². The lowest BCUT2D eigenvalue weighted by molar-refractivity contribution is -0.117. The molecular weight excluding hydrogens is 444 g/mol. The van der Waals surface area contributed by atoms with Gasteiger partial charge in [0.25, 0.3) is 0 Å². The molecular formula is C23H30N4O5S. The van der Waals surface area contributed by atoms with Crippen molar-refractivity contribution < 1.29 is 22.7 Å². The van der Waals surface area contributed by atoms with E-state index in [9.17, 15) is 18.0 Å². The van der Waals surface area contributed by atoms with Gasteiger partial charge in [0.05, 0.1) is 12.0 Å². The van der Waals surface area contributed by atoms with Crippen LogP contribution in [-0.2, 0) is 14.8 Å². The fourth-order valence-electron chi connectivity index (χ4n) is 3.77. The number of nitrogens with zero attached hydrogens (tertiary/aromatic N) is 2. The van der Waals surface area contributed by atoms with Gasteiger partial charge in [0.2, 0.25) is 15.9 Å². The fourth-order valence-corrected chi connectivity index (χ4v) is 5.22. The number of hydrogen-bond acceptors (Lipinski definition) is 5. The highest BCUT2D eigenvalue weighted by atomic mass is 32.2. The number of rotatable bonds is 9. The standard InChI is InChI=1S/C23H30N4O5S/c1-4-26(5-2)33(30,31)21-12-6-18(7-13-21)25-23(29)24-15-17-14-22(28)27(16-17)19-8-10-20(32-3)11-9-19/h6-13,17H,4-5,14-16H2,1-3H3,(H2,24,25,29). The van der Waals surface area contributed by atoms with Crippen LogP contribution in [0.5, 0.6) is 5.75 Å². The number of anilines is 2. The van der Waals surface area contributed by atoms with E-state index in [0.29, 0.717) is 38.3 Å². The fraction of sp³-hybridized carbons (Fsp3) is 0.391. The predicted octanol–water partition coefficient (Wildman–Crippen LogP) is 2.90. The average Bonchev–Trinajstić information content (AvgIpc) is 3.19. The summed E-state index contributed by atoms with van der Waals surface area (Å²) in [6, 6.07) is 12.9. The zero-order valence-electron chi connectivity index (χ0n) is 19.1. The van der Waals surface area contributed by atoms with Gasteiger partial charge in [-0.3, -0.25) is 4.79 Å². The second-order valence-corrected chi connectivity index (χ2v) is 9.66. The summed E-state index contributed by atoms with van der Waals surface area (Å²) in [6.45, 7) is 5.22. The number of amides is 3. The van der Waals surface area contributed by atoms with E-state index in [1.807, 2.05) is 12.1 Å². The maximum absolute atomic E-state index is 12.6. The second kappa shape index (κ2) is 10.7. The molecule has 2 N–H and O–H groups in total. The highest BCUT2D eigenvalue weighted by Crippen LogP contribution is 2.26. The highest BCUT2D eigenvalue weighted by Gasteiger charge is 2.30. The first-order valence-electron chi connectivity index (χ1n) is 10.9. The molecule has 0 radical (unpaired) electrons. The number of benzene rings is 2. The Bertz CT molecular complexity index is 1070. The molecule has 33 heavy (non-hydrogen) atoms.